The molecule has 0 spiro atoms. The maximum Gasteiger partial charge on any atom is 0.387 e. The van der Waals surface area contributed by atoms with Gasteiger partial charge in [0.1, 0.15) is 5.75 Å². The van der Waals surface area contributed by atoms with E-state index in [-0.39, 0.29) is 23.3 Å². The number of aryl methyl sites for hydroxylation is 1. The van der Waals surface area contributed by atoms with Gasteiger partial charge in [-0.1, -0.05) is 6.07 Å². The maximum absolute atomic E-state index is 12.3. The Bertz CT molecular complexity index is 686. The van der Waals surface area contributed by atoms with E-state index in [9.17, 15) is 13.6 Å². The molecule has 1 atom stereocenters. The van der Waals surface area contributed by atoms with Crippen LogP contribution in [0.1, 0.15) is 41.5 Å². The number of hydrogen-bond donors (Lipinski definition) is 1. The summed E-state index contributed by atoms with van der Waals surface area (Å²) in [6.07, 6.45) is 1.72. The van der Waals surface area contributed by atoms with Gasteiger partial charge in [0.15, 0.2) is 0 Å². The van der Waals surface area contributed by atoms with Crippen molar-refractivity contribution in [1.82, 2.24) is 15.1 Å². The van der Waals surface area contributed by atoms with E-state index in [4.69, 9.17) is 0 Å². The van der Waals surface area contributed by atoms with Crippen molar-refractivity contribution in [2.45, 2.75) is 40.0 Å². The smallest absolute Gasteiger partial charge is 0.387 e. The Hall–Kier alpha value is -2.44. The molecule has 0 aliphatic heterocycles. The van der Waals surface area contributed by atoms with Crippen molar-refractivity contribution in [1.29, 1.82) is 0 Å². The van der Waals surface area contributed by atoms with E-state index in [0.29, 0.717) is 0 Å². The minimum Gasteiger partial charge on any atom is -0.435 e. The third kappa shape index (κ3) is 4.06. The molecule has 1 N–H and O–H groups in total. The second-order valence-electron chi connectivity index (χ2n) is 5.10. The molecule has 1 aromatic heterocycles. The first kappa shape index (κ1) is 16.9. The van der Waals surface area contributed by atoms with Gasteiger partial charge in [-0.15, -0.1) is 0 Å². The van der Waals surface area contributed by atoms with Gasteiger partial charge in [0.2, 0.25) is 0 Å². The molecule has 7 heteroatoms. The number of halogens is 2. The first-order valence-corrected chi connectivity index (χ1v) is 7.30. The molecular formula is C16H19F2N3O2. The number of hydrogen-bond acceptors (Lipinski definition) is 3. The summed E-state index contributed by atoms with van der Waals surface area (Å²) < 4.78 is 30.6. The molecule has 1 aromatic carbocycles. The van der Waals surface area contributed by atoms with Gasteiger partial charge in [0, 0.05) is 23.4 Å². The molecule has 1 unspecified atom stereocenters. The number of ether oxygens (including phenoxy) is 1. The molecule has 5 nitrogen and oxygen atoms in total. The van der Waals surface area contributed by atoms with Crippen LogP contribution in [0.5, 0.6) is 5.75 Å². The van der Waals surface area contributed by atoms with E-state index in [1.165, 1.54) is 18.2 Å². The van der Waals surface area contributed by atoms with E-state index in [0.717, 1.165) is 17.8 Å². The van der Waals surface area contributed by atoms with Crippen LogP contribution >= 0.6 is 0 Å². The molecule has 1 amide bonds. The predicted octanol–water partition coefficient (Wildman–Crippen LogP) is 3.30. The summed E-state index contributed by atoms with van der Waals surface area (Å²) in [5, 5.41) is 7.08. The SMILES string of the molecule is CCn1ncc(C(C)NC(=O)c2cccc(OC(F)F)c2)c1C. The van der Waals surface area contributed by atoms with Crippen LogP contribution < -0.4 is 10.1 Å². The van der Waals surface area contributed by atoms with E-state index in [1.807, 2.05) is 25.5 Å². The molecule has 0 fully saturated rings. The lowest BCUT2D eigenvalue weighted by Gasteiger charge is -2.14. The molecule has 0 radical (unpaired) electrons. The van der Waals surface area contributed by atoms with Crippen LogP contribution in [-0.2, 0) is 6.54 Å². The topological polar surface area (TPSA) is 56.2 Å². The molecule has 23 heavy (non-hydrogen) atoms. The van der Waals surface area contributed by atoms with Crippen LogP contribution in [0.25, 0.3) is 0 Å². The lowest BCUT2D eigenvalue weighted by atomic mass is 10.1. The number of carbonyl (C=O) groups is 1. The summed E-state index contributed by atoms with van der Waals surface area (Å²) in [6, 6.07) is 5.46. The van der Waals surface area contributed by atoms with Crippen molar-refractivity contribution in [2.24, 2.45) is 0 Å². The highest BCUT2D eigenvalue weighted by atomic mass is 19.3. The highest BCUT2D eigenvalue weighted by Crippen LogP contribution is 2.19. The van der Waals surface area contributed by atoms with Gasteiger partial charge >= 0.3 is 6.61 Å². The molecule has 0 saturated heterocycles. The second-order valence-corrected chi connectivity index (χ2v) is 5.10. The Balaban J connectivity index is 2.10. The van der Waals surface area contributed by atoms with Crippen LogP contribution in [0.3, 0.4) is 0 Å². The largest absolute Gasteiger partial charge is 0.435 e. The van der Waals surface area contributed by atoms with Gasteiger partial charge in [0.25, 0.3) is 5.91 Å². The highest BCUT2D eigenvalue weighted by molar-refractivity contribution is 5.94. The van der Waals surface area contributed by atoms with Gasteiger partial charge in [-0.05, 0) is 39.0 Å². The summed E-state index contributed by atoms with van der Waals surface area (Å²) in [5.41, 5.74) is 2.16. The Kier molecular flexibility index (Phi) is 5.31. The van der Waals surface area contributed by atoms with Crippen LogP contribution in [0.15, 0.2) is 30.5 Å². The van der Waals surface area contributed by atoms with Crippen LogP contribution in [-0.4, -0.2) is 22.3 Å². The minimum atomic E-state index is -2.92. The zero-order valence-corrected chi connectivity index (χ0v) is 13.2. The quantitative estimate of drug-likeness (QED) is 0.887. The van der Waals surface area contributed by atoms with Crippen molar-refractivity contribution < 1.29 is 18.3 Å². The van der Waals surface area contributed by atoms with Crippen molar-refractivity contribution in [3.05, 3.63) is 47.3 Å². The van der Waals surface area contributed by atoms with Crippen LogP contribution in [0.4, 0.5) is 8.78 Å². The zero-order chi connectivity index (χ0) is 17.0. The zero-order valence-electron chi connectivity index (χ0n) is 13.2. The molecule has 2 rings (SSSR count). The van der Waals surface area contributed by atoms with E-state index < -0.39 is 6.61 Å². The van der Waals surface area contributed by atoms with Gasteiger partial charge in [-0.2, -0.15) is 13.9 Å². The lowest BCUT2D eigenvalue weighted by molar-refractivity contribution is -0.0498. The monoisotopic (exact) mass is 323 g/mol. The van der Waals surface area contributed by atoms with Crippen molar-refractivity contribution in [3.63, 3.8) is 0 Å². The molecular weight excluding hydrogens is 304 g/mol. The molecule has 124 valence electrons. The van der Waals surface area contributed by atoms with E-state index in [1.54, 1.807) is 12.3 Å². The highest BCUT2D eigenvalue weighted by Gasteiger charge is 2.16. The van der Waals surface area contributed by atoms with Crippen molar-refractivity contribution in [2.75, 3.05) is 0 Å². The second kappa shape index (κ2) is 7.21. The number of aromatic nitrogens is 2. The number of nitrogens with one attached hydrogen (secondary N) is 1. The Morgan fingerprint density at radius 2 is 2.17 bits per heavy atom. The van der Waals surface area contributed by atoms with Crippen LogP contribution in [0.2, 0.25) is 0 Å². The lowest BCUT2D eigenvalue weighted by Crippen LogP contribution is -2.27. The third-order valence-electron chi connectivity index (χ3n) is 3.58. The number of nitrogens with zero attached hydrogens (tertiary/aromatic N) is 2. The van der Waals surface area contributed by atoms with Gasteiger partial charge in [0.05, 0.1) is 12.2 Å². The summed E-state index contributed by atoms with van der Waals surface area (Å²) >= 11 is 0. The fourth-order valence-electron chi connectivity index (χ4n) is 2.38. The van der Waals surface area contributed by atoms with Gasteiger partial charge in [-0.25, -0.2) is 0 Å². The summed E-state index contributed by atoms with van der Waals surface area (Å²) in [4.78, 5) is 12.3. The number of amides is 1. The molecule has 0 aliphatic rings. The average Bonchev–Trinajstić information content (AvgIpc) is 2.87. The number of benzene rings is 1. The molecule has 2 aromatic rings. The average molecular weight is 323 g/mol. The maximum atomic E-state index is 12.3. The Labute approximate surface area is 133 Å². The summed E-state index contributed by atoms with van der Waals surface area (Å²) in [5.74, 6) is -0.406. The number of rotatable bonds is 6. The Morgan fingerprint density at radius 3 is 2.78 bits per heavy atom. The first-order valence-electron chi connectivity index (χ1n) is 7.30. The number of carbonyl (C=O) groups excluding carboxylic acids is 1. The predicted molar refractivity (Wildman–Crippen MR) is 81.6 cm³/mol. The third-order valence-corrected chi connectivity index (χ3v) is 3.58. The molecule has 0 bridgehead atoms. The first-order chi connectivity index (χ1) is 10.9. The fourth-order valence-corrected chi connectivity index (χ4v) is 2.38. The summed E-state index contributed by atoms with van der Waals surface area (Å²) in [6.45, 7) is 3.60. The minimum absolute atomic E-state index is 0.0460. The van der Waals surface area contributed by atoms with E-state index >= 15 is 0 Å². The fraction of sp³-hybridized carbons (Fsp3) is 0.375. The molecule has 0 saturated carbocycles. The van der Waals surface area contributed by atoms with Crippen molar-refractivity contribution >= 4 is 5.91 Å². The van der Waals surface area contributed by atoms with Crippen molar-refractivity contribution in [3.8, 4) is 5.75 Å². The standard InChI is InChI=1S/C16H19F2N3O2/c1-4-21-11(3)14(9-19-21)10(2)20-15(22)12-6-5-7-13(8-12)23-16(17)18/h5-10,16H,4H2,1-3H3,(H,20,22). The van der Waals surface area contributed by atoms with E-state index in [2.05, 4.69) is 15.2 Å². The number of alkyl halides is 2. The van der Waals surface area contributed by atoms with Gasteiger partial charge in [-0.3, -0.25) is 9.48 Å². The molecule has 0 aliphatic carbocycles. The van der Waals surface area contributed by atoms with Crippen LogP contribution in [0, 0.1) is 6.92 Å². The van der Waals surface area contributed by atoms with Gasteiger partial charge < -0.3 is 10.1 Å². The normalized spacial score (nSPS) is 12.3. The Morgan fingerprint density at radius 1 is 1.43 bits per heavy atom. The summed E-state index contributed by atoms with van der Waals surface area (Å²) in [7, 11) is 0. The molecule has 1 heterocycles.